The molecule has 1 saturated heterocycles. The molecule has 5 aromatic rings. The highest BCUT2D eigenvalue weighted by molar-refractivity contribution is 7.23. The fraction of sp³-hybridized carbons (Fsp3) is 0.387. The van der Waals surface area contributed by atoms with Gasteiger partial charge in [-0.2, -0.15) is 0 Å². The third kappa shape index (κ3) is 5.60. The fourth-order valence-corrected chi connectivity index (χ4v) is 6.14. The average Bonchev–Trinajstić information content (AvgIpc) is 3.29. The molecule has 1 aliphatic heterocycles. The number of amides is 3. The molecule has 0 bridgehead atoms. The number of aromatic nitrogens is 4. The maximum absolute atomic E-state index is 13.0. The molecule has 7 rings (SSSR count). The van der Waals surface area contributed by atoms with Crippen molar-refractivity contribution in [1.29, 1.82) is 0 Å². The highest BCUT2D eigenvalue weighted by Gasteiger charge is 2.52. The van der Waals surface area contributed by atoms with E-state index in [0.717, 1.165) is 39.4 Å². The molecule has 1 aromatic carbocycles. The number of ether oxygens (including phenoxy) is 2. The number of thiazole rings is 1. The monoisotopic (exact) mass is 615 g/mol. The van der Waals surface area contributed by atoms with Crippen molar-refractivity contribution in [2.45, 2.75) is 39.0 Å². The number of rotatable bonds is 7. The molecule has 13 heteroatoms. The first-order valence-electron chi connectivity index (χ1n) is 14.6. The molecule has 228 valence electrons. The third-order valence-corrected chi connectivity index (χ3v) is 8.93. The maximum Gasteiger partial charge on any atom is 0.324 e. The normalized spacial score (nSPS) is 16.3. The lowest BCUT2D eigenvalue weighted by atomic mass is 9.93. The lowest BCUT2D eigenvalue weighted by molar-refractivity contribution is -0.142. The van der Waals surface area contributed by atoms with Gasteiger partial charge in [0.25, 0.3) is 0 Å². The Balaban J connectivity index is 0.989. The van der Waals surface area contributed by atoms with E-state index in [1.165, 1.54) is 11.3 Å². The highest BCUT2D eigenvalue weighted by Crippen LogP contribution is 2.47. The van der Waals surface area contributed by atoms with Crippen LogP contribution in [0.1, 0.15) is 39.4 Å². The number of fused-ring (bicyclic) bond motifs is 3. The van der Waals surface area contributed by atoms with Crippen molar-refractivity contribution in [3.05, 3.63) is 54.4 Å². The number of hydrogen-bond acceptors (Lipinski definition) is 9. The zero-order chi connectivity index (χ0) is 30.5. The first-order valence-corrected chi connectivity index (χ1v) is 15.4. The average molecular weight is 616 g/mol. The molecule has 2 fully saturated rings. The topological polar surface area (TPSA) is 136 Å². The van der Waals surface area contributed by atoms with Gasteiger partial charge in [0, 0.05) is 48.1 Å². The predicted molar refractivity (Wildman–Crippen MR) is 166 cm³/mol. The largest absolute Gasteiger partial charge is 0.476 e. The Kier molecular flexibility index (Phi) is 7.01. The van der Waals surface area contributed by atoms with Crippen molar-refractivity contribution >= 4 is 50.1 Å². The second-order valence-electron chi connectivity index (χ2n) is 12.3. The van der Waals surface area contributed by atoms with E-state index in [-0.39, 0.29) is 11.3 Å². The van der Waals surface area contributed by atoms with Crippen LogP contribution in [-0.4, -0.2) is 69.3 Å². The third-order valence-electron chi connectivity index (χ3n) is 7.97. The molecule has 0 unspecified atom stereocenters. The summed E-state index contributed by atoms with van der Waals surface area (Å²) in [7, 11) is 0. The van der Waals surface area contributed by atoms with Crippen LogP contribution in [0.25, 0.3) is 26.6 Å². The van der Waals surface area contributed by atoms with Gasteiger partial charge in [-0.25, -0.2) is 14.8 Å². The van der Waals surface area contributed by atoms with Crippen LogP contribution in [0.3, 0.4) is 0 Å². The molecule has 2 N–H and O–H groups in total. The number of benzene rings is 1. The number of carbonyl (C=O) groups excluding carboxylic acids is 2. The summed E-state index contributed by atoms with van der Waals surface area (Å²) in [6.07, 6.45) is 3.65. The first-order chi connectivity index (χ1) is 21.2. The van der Waals surface area contributed by atoms with Crippen LogP contribution < -0.4 is 15.4 Å². The molecule has 0 atom stereocenters. The van der Waals surface area contributed by atoms with Gasteiger partial charge in [-0.1, -0.05) is 49.4 Å². The van der Waals surface area contributed by atoms with Crippen molar-refractivity contribution in [2.24, 2.45) is 5.41 Å². The van der Waals surface area contributed by atoms with Crippen LogP contribution in [0.15, 0.2) is 53.2 Å². The van der Waals surface area contributed by atoms with Crippen LogP contribution >= 0.6 is 11.3 Å². The number of imidazole rings is 1. The molecule has 2 aliphatic rings. The number of anilines is 2. The molecule has 5 heterocycles. The second-order valence-corrected chi connectivity index (χ2v) is 13.3. The van der Waals surface area contributed by atoms with E-state index < -0.39 is 11.4 Å². The van der Waals surface area contributed by atoms with Crippen molar-refractivity contribution < 1.29 is 23.6 Å². The van der Waals surface area contributed by atoms with Gasteiger partial charge in [0.1, 0.15) is 17.2 Å². The minimum absolute atomic E-state index is 0.164. The van der Waals surface area contributed by atoms with Crippen molar-refractivity contribution in [1.82, 2.24) is 24.4 Å². The Hall–Kier alpha value is -4.49. The van der Waals surface area contributed by atoms with E-state index in [1.807, 2.05) is 72.7 Å². The zero-order valence-corrected chi connectivity index (χ0v) is 25.6. The summed E-state index contributed by atoms with van der Waals surface area (Å²) in [5.41, 5.74) is 2.65. The van der Waals surface area contributed by atoms with E-state index in [4.69, 9.17) is 24.0 Å². The number of morpholine rings is 1. The molecule has 0 spiro atoms. The van der Waals surface area contributed by atoms with Gasteiger partial charge < -0.3 is 24.2 Å². The van der Waals surface area contributed by atoms with Gasteiger partial charge in [0.05, 0.1) is 29.8 Å². The standard InChI is InChI=1S/C31H33N7O5S/c1-30(2,3)23-16-24(36-43-23)34-28(40)32-20-6-4-19(5-7-20)21-17-38-22-8-9-25(35-26(22)44-29(38)33-21)42-18-31(10-11-31)27(39)37-12-14-41-15-13-37/h4-9,16-17H,10-15,18H2,1-3H3,(H2,32,34,36,40). The molecule has 4 aromatic heterocycles. The maximum atomic E-state index is 13.0. The number of urea groups is 1. The Morgan fingerprint density at radius 1 is 1.05 bits per heavy atom. The summed E-state index contributed by atoms with van der Waals surface area (Å²) in [4.78, 5) is 38.5. The lowest BCUT2D eigenvalue weighted by Gasteiger charge is -2.30. The van der Waals surface area contributed by atoms with Crippen molar-refractivity contribution in [3.63, 3.8) is 0 Å². The molecule has 12 nitrogen and oxygen atoms in total. The smallest absolute Gasteiger partial charge is 0.324 e. The van der Waals surface area contributed by atoms with E-state index in [1.54, 1.807) is 6.07 Å². The van der Waals surface area contributed by atoms with Crippen LogP contribution in [0, 0.1) is 5.41 Å². The van der Waals surface area contributed by atoms with Crippen molar-refractivity contribution in [2.75, 3.05) is 43.5 Å². The highest BCUT2D eigenvalue weighted by atomic mass is 32.1. The molecule has 3 amide bonds. The van der Waals surface area contributed by atoms with E-state index >= 15 is 0 Å². The first kappa shape index (κ1) is 28.3. The van der Waals surface area contributed by atoms with Crippen LogP contribution in [0.2, 0.25) is 0 Å². The molecular weight excluding hydrogens is 582 g/mol. The summed E-state index contributed by atoms with van der Waals surface area (Å²) < 4.78 is 18.8. The molecule has 0 radical (unpaired) electrons. The Morgan fingerprint density at radius 3 is 2.52 bits per heavy atom. The number of nitrogens with zero attached hydrogens (tertiary/aromatic N) is 5. The SMILES string of the molecule is CC(C)(C)c1cc(NC(=O)Nc2ccc(-c3cn4c(n3)sc3nc(OCC5(C(=O)N6CCOCC6)CC5)ccc34)cc2)no1. The number of carbonyl (C=O) groups is 2. The van der Waals surface area contributed by atoms with Gasteiger partial charge in [-0.3, -0.25) is 14.5 Å². The number of nitrogens with one attached hydrogen (secondary N) is 2. The molecule has 1 aliphatic carbocycles. The quantitative estimate of drug-likeness (QED) is 0.243. The number of pyridine rings is 1. The summed E-state index contributed by atoms with van der Waals surface area (Å²) in [5.74, 6) is 1.72. The summed E-state index contributed by atoms with van der Waals surface area (Å²) in [6.45, 7) is 8.83. The van der Waals surface area contributed by atoms with E-state index in [9.17, 15) is 9.59 Å². The van der Waals surface area contributed by atoms with Crippen LogP contribution in [-0.2, 0) is 14.9 Å². The summed E-state index contributed by atoms with van der Waals surface area (Å²) in [6, 6.07) is 12.6. The Morgan fingerprint density at radius 2 is 1.82 bits per heavy atom. The van der Waals surface area contributed by atoms with Gasteiger partial charge in [0.2, 0.25) is 11.8 Å². The molecular formula is C31H33N7O5S. The van der Waals surface area contributed by atoms with Gasteiger partial charge in [-0.05, 0) is 31.0 Å². The zero-order valence-electron chi connectivity index (χ0n) is 24.8. The van der Waals surface area contributed by atoms with Gasteiger partial charge >= 0.3 is 6.03 Å². The molecule has 1 saturated carbocycles. The van der Waals surface area contributed by atoms with Gasteiger partial charge in [-0.15, -0.1) is 0 Å². The summed E-state index contributed by atoms with van der Waals surface area (Å²) in [5, 5.41) is 9.43. The summed E-state index contributed by atoms with van der Waals surface area (Å²) >= 11 is 1.48. The Labute approximate surface area is 257 Å². The number of hydrogen-bond donors (Lipinski definition) is 2. The van der Waals surface area contributed by atoms with Gasteiger partial charge in [0.15, 0.2) is 10.8 Å². The Bertz CT molecular complexity index is 1840. The van der Waals surface area contributed by atoms with Crippen LogP contribution in [0.4, 0.5) is 16.3 Å². The lowest BCUT2D eigenvalue weighted by Crippen LogP contribution is -2.46. The minimum atomic E-state index is -0.436. The minimum Gasteiger partial charge on any atom is -0.476 e. The van der Waals surface area contributed by atoms with Crippen molar-refractivity contribution in [3.8, 4) is 17.1 Å². The molecule has 44 heavy (non-hydrogen) atoms. The van der Waals surface area contributed by atoms with E-state index in [2.05, 4.69) is 15.8 Å². The van der Waals surface area contributed by atoms with E-state index in [0.29, 0.717) is 56.1 Å². The van der Waals surface area contributed by atoms with Crippen LogP contribution in [0.5, 0.6) is 5.88 Å². The fourth-order valence-electron chi connectivity index (χ4n) is 5.16. The predicted octanol–water partition coefficient (Wildman–Crippen LogP) is 5.56. The second kappa shape index (κ2) is 10.9.